The molecular weight excluding hydrogens is 140 g/mol. The molecule has 68 valence electrons. The van der Waals surface area contributed by atoms with Crippen molar-refractivity contribution < 1.29 is 4.74 Å². The molecule has 0 atom stereocenters. The van der Waals surface area contributed by atoms with Crippen molar-refractivity contribution in [3.8, 4) is 0 Å². The van der Waals surface area contributed by atoms with Crippen LogP contribution >= 0.6 is 0 Å². The van der Waals surface area contributed by atoms with E-state index in [1.54, 1.807) is 12.1 Å². The largest absolute Gasteiger partial charge is 0.483 e. The van der Waals surface area contributed by atoms with E-state index in [0.29, 0.717) is 0 Å². The van der Waals surface area contributed by atoms with Gasteiger partial charge in [-0.3, -0.25) is 5.01 Å². The summed E-state index contributed by atoms with van der Waals surface area (Å²) in [5, 5.41) is 5.77. The fraction of sp³-hybridized carbons (Fsp3) is 0.875. The third-order valence-electron chi connectivity index (χ3n) is 0.850. The molecule has 0 bridgehead atoms. The molecular formula is C8H20N2O. The molecule has 0 aliphatic heterocycles. The molecule has 0 aromatic carbocycles. The van der Waals surface area contributed by atoms with Gasteiger partial charge in [0.25, 0.3) is 0 Å². The number of hydrogen-bond acceptors (Lipinski definition) is 3. The minimum absolute atomic E-state index is 0.764. The smallest absolute Gasteiger partial charge is 0.205 e. The molecule has 0 aliphatic rings. The van der Waals surface area contributed by atoms with Crippen molar-refractivity contribution in [2.24, 2.45) is 5.10 Å². The third kappa shape index (κ3) is 9.27. The first kappa shape index (κ1) is 12.9. The van der Waals surface area contributed by atoms with Gasteiger partial charge in [-0.15, -0.1) is 5.10 Å². The Morgan fingerprint density at radius 2 is 1.82 bits per heavy atom. The van der Waals surface area contributed by atoms with Gasteiger partial charge in [0.05, 0.1) is 7.11 Å². The maximum Gasteiger partial charge on any atom is 0.205 e. The maximum absolute atomic E-state index is 4.92. The third-order valence-corrected chi connectivity index (χ3v) is 0.850. The molecule has 0 aromatic rings. The number of nitrogens with zero attached hydrogens (tertiary/aromatic N) is 2. The van der Waals surface area contributed by atoms with E-state index in [9.17, 15) is 0 Å². The van der Waals surface area contributed by atoms with Crippen molar-refractivity contribution in [2.75, 3.05) is 21.2 Å². The zero-order chi connectivity index (χ0) is 9.28. The van der Waals surface area contributed by atoms with Crippen LogP contribution in [0.4, 0.5) is 0 Å². The van der Waals surface area contributed by atoms with Crippen LogP contribution in [0.25, 0.3) is 0 Å². The lowest BCUT2D eigenvalue weighted by molar-refractivity contribution is 0.352. The van der Waals surface area contributed by atoms with Gasteiger partial charge in [-0.2, -0.15) is 0 Å². The zero-order valence-corrected chi connectivity index (χ0v) is 8.51. The highest BCUT2D eigenvalue weighted by atomic mass is 16.5. The summed E-state index contributed by atoms with van der Waals surface area (Å²) < 4.78 is 4.92. The van der Waals surface area contributed by atoms with E-state index in [0.717, 1.165) is 12.3 Å². The van der Waals surface area contributed by atoms with Crippen LogP contribution in [-0.4, -0.2) is 32.1 Å². The Labute approximate surface area is 70.0 Å². The lowest BCUT2D eigenvalue weighted by Gasteiger charge is -2.06. The average Bonchev–Trinajstić information content (AvgIpc) is 2.03. The van der Waals surface area contributed by atoms with Crippen LogP contribution in [0.2, 0.25) is 0 Å². The predicted molar refractivity (Wildman–Crippen MR) is 49.8 cm³/mol. The molecule has 0 aliphatic carbocycles. The molecule has 0 heterocycles. The highest BCUT2D eigenvalue weighted by molar-refractivity contribution is 5.75. The van der Waals surface area contributed by atoms with E-state index in [2.05, 4.69) is 5.10 Å². The molecule has 3 heteroatoms. The van der Waals surface area contributed by atoms with Crippen LogP contribution in [0.15, 0.2) is 5.10 Å². The van der Waals surface area contributed by atoms with Gasteiger partial charge < -0.3 is 4.74 Å². The molecule has 3 nitrogen and oxygen atoms in total. The van der Waals surface area contributed by atoms with E-state index in [4.69, 9.17) is 4.74 Å². The van der Waals surface area contributed by atoms with Gasteiger partial charge >= 0.3 is 0 Å². The van der Waals surface area contributed by atoms with Gasteiger partial charge in [-0.25, -0.2) is 0 Å². The Bertz CT molecular complexity index is 94.3. The van der Waals surface area contributed by atoms with E-state index >= 15 is 0 Å². The minimum atomic E-state index is 0.764. The van der Waals surface area contributed by atoms with E-state index in [1.165, 1.54) is 0 Å². The number of hydrazone groups is 1. The molecule has 0 saturated carbocycles. The molecule has 0 aromatic heterocycles. The Morgan fingerprint density at radius 3 is 1.91 bits per heavy atom. The van der Waals surface area contributed by atoms with Gasteiger partial charge in [0, 0.05) is 20.5 Å². The predicted octanol–water partition coefficient (Wildman–Crippen LogP) is 1.94. The summed E-state index contributed by atoms with van der Waals surface area (Å²) >= 11 is 0. The zero-order valence-electron chi connectivity index (χ0n) is 8.51. The van der Waals surface area contributed by atoms with Crippen molar-refractivity contribution in [1.29, 1.82) is 0 Å². The molecule has 0 amide bonds. The topological polar surface area (TPSA) is 24.8 Å². The quantitative estimate of drug-likeness (QED) is 0.350. The normalized spacial score (nSPS) is 9.82. The SMILES string of the molecule is CC.CC/C(=N/N(C)C)OC. The van der Waals surface area contributed by atoms with Crippen LogP contribution in [0.3, 0.4) is 0 Å². The molecule has 0 fully saturated rings. The minimum Gasteiger partial charge on any atom is -0.483 e. The van der Waals surface area contributed by atoms with E-state index in [-0.39, 0.29) is 0 Å². The van der Waals surface area contributed by atoms with Crippen molar-refractivity contribution >= 4 is 5.90 Å². The Kier molecular flexibility index (Phi) is 10.9. The summed E-state index contributed by atoms with van der Waals surface area (Å²) in [6, 6.07) is 0. The van der Waals surface area contributed by atoms with Crippen LogP contribution in [0.1, 0.15) is 27.2 Å². The lowest BCUT2D eigenvalue weighted by Crippen LogP contribution is -2.09. The monoisotopic (exact) mass is 160 g/mol. The van der Waals surface area contributed by atoms with Crippen molar-refractivity contribution in [3.05, 3.63) is 0 Å². The molecule has 11 heavy (non-hydrogen) atoms. The number of hydrogen-bond donors (Lipinski definition) is 0. The first-order chi connectivity index (χ1) is 5.20. The molecule has 0 spiro atoms. The Morgan fingerprint density at radius 1 is 1.36 bits per heavy atom. The second kappa shape index (κ2) is 9.27. The second-order valence-electron chi connectivity index (χ2n) is 1.90. The van der Waals surface area contributed by atoms with Crippen LogP contribution < -0.4 is 0 Å². The van der Waals surface area contributed by atoms with Crippen molar-refractivity contribution in [3.63, 3.8) is 0 Å². The summed E-state index contributed by atoms with van der Waals surface area (Å²) in [6.07, 6.45) is 0.842. The van der Waals surface area contributed by atoms with Crippen LogP contribution in [-0.2, 0) is 4.74 Å². The maximum atomic E-state index is 4.92. The molecule has 0 N–H and O–H groups in total. The standard InChI is InChI=1S/C6H14N2O.C2H6/c1-5-6(9-4)7-8(2)3;1-2/h5H2,1-4H3;1-2H3/b7-6-;. The van der Waals surface area contributed by atoms with Crippen LogP contribution in [0.5, 0.6) is 0 Å². The van der Waals surface area contributed by atoms with Crippen LogP contribution in [0, 0.1) is 0 Å². The highest BCUT2D eigenvalue weighted by Gasteiger charge is 1.91. The fourth-order valence-electron chi connectivity index (χ4n) is 0.479. The van der Waals surface area contributed by atoms with Crippen molar-refractivity contribution in [1.82, 2.24) is 5.01 Å². The van der Waals surface area contributed by atoms with Gasteiger partial charge in [0.1, 0.15) is 0 Å². The van der Waals surface area contributed by atoms with Crippen molar-refractivity contribution in [2.45, 2.75) is 27.2 Å². The first-order valence-electron chi connectivity index (χ1n) is 3.99. The van der Waals surface area contributed by atoms with E-state index in [1.807, 2.05) is 34.9 Å². The number of methoxy groups -OCH3 is 1. The molecule has 0 rings (SSSR count). The Hall–Kier alpha value is -0.730. The fourth-order valence-corrected chi connectivity index (χ4v) is 0.479. The molecule has 0 radical (unpaired) electrons. The summed E-state index contributed by atoms with van der Waals surface area (Å²) in [4.78, 5) is 0. The van der Waals surface area contributed by atoms with E-state index < -0.39 is 0 Å². The number of rotatable bonds is 2. The second-order valence-corrected chi connectivity index (χ2v) is 1.90. The number of ether oxygens (including phenoxy) is 1. The van der Waals surface area contributed by atoms with Gasteiger partial charge in [0.15, 0.2) is 0 Å². The summed E-state index contributed by atoms with van der Waals surface area (Å²) in [6.45, 7) is 6.01. The highest BCUT2D eigenvalue weighted by Crippen LogP contribution is 1.87. The summed E-state index contributed by atoms with van der Waals surface area (Å²) in [5.41, 5.74) is 0. The summed E-state index contributed by atoms with van der Waals surface area (Å²) in [5.74, 6) is 0.764. The average molecular weight is 160 g/mol. The first-order valence-corrected chi connectivity index (χ1v) is 3.99. The van der Waals surface area contributed by atoms with Gasteiger partial charge in [-0.05, 0) is 0 Å². The Balaban J connectivity index is 0. The molecule has 0 unspecified atom stereocenters. The summed E-state index contributed by atoms with van der Waals surface area (Å²) in [7, 11) is 5.37. The molecule has 0 saturated heterocycles. The lowest BCUT2D eigenvalue weighted by atomic mass is 10.5. The van der Waals surface area contributed by atoms with Gasteiger partial charge in [0.2, 0.25) is 5.90 Å². The van der Waals surface area contributed by atoms with Gasteiger partial charge in [-0.1, -0.05) is 20.8 Å².